The lowest BCUT2D eigenvalue weighted by atomic mass is 10.1. The number of nitrogens with zero attached hydrogens (tertiary/aromatic N) is 1. The quantitative estimate of drug-likeness (QED) is 0.690. The van der Waals surface area contributed by atoms with Gasteiger partial charge < -0.3 is 10.2 Å². The summed E-state index contributed by atoms with van der Waals surface area (Å²) in [4.78, 5) is 13.6. The second-order valence-corrected chi connectivity index (χ2v) is 4.29. The highest BCUT2D eigenvalue weighted by Crippen LogP contribution is 2.06. The number of piperazine rings is 1. The molecular weight excluding hydrogens is 164 g/mol. The van der Waals surface area contributed by atoms with E-state index in [2.05, 4.69) is 26.1 Å². The highest BCUT2D eigenvalue weighted by atomic mass is 16.2. The van der Waals surface area contributed by atoms with Crippen LogP contribution in [0.15, 0.2) is 0 Å². The Labute approximate surface area is 80.5 Å². The molecule has 1 amide bonds. The monoisotopic (exact) mass is 184 g/mol. The first-order chi connectivity index (χ1) is 6.09. The van der Waals surface area contributed by atoms with E-state index in [1.54, 1.807) is 0 Å². The molecule has 0 spiro atoms. The van der Waals surface area contributed by atoms with Crippen molar-refractivity contribution in [3.8, 4) is 0 Å². The van der Waals surface area contributed by atoms with Crippen LogP contribution >= 0.6 is 0 Å². The summed E-state index contributed by atoms with van der Waals surface area (Å²) in [5.74, 6) is 0.779. The maximum Gasteiger partial charge on any atom is 0.222 e. The van der Waals surface area contributed by atoms with Gasteiger partial charge in [0.05, 0.1) is 0 Å². The topological polar surface area (TPSA) is 32.3 Å². The van der Waals surface area contributed by atoms with Crippen molar-refractivity contribution in [2.24, 2.45) is 5.92 Å². The molecule has 76 valence electrons. The predicted octanol–water partition coefficient (Wildman–Crippen LogP) is 0.853. The molecule has 1 saturated heterocycles. The van der Waals surface area contributed by atoms with E-state index in [1.807, 2.05) is 4.90 Å². The van der Waals surface area contributed by atoms with Gasteiger partial charge in [0.25, 0.3) is 0 Å². The Hall–Kier alpha value is -0.570. The molecule has 13 heavy (non-hydrogen) atoms. The Morgan fingerprint density at radius 1 is 1.62 bits per heavy atom. The van der Waals surface area contributed by atoms with Gasteiger partial charge in [0.15, 0.2) is 0 Å². The van der Waals surface area contributed by atoms with E-state index in [9.17, 15) is 4.79 Å². The van der Waals surface area contributed by atoms with Crippen LogP contribution in [-0.2, 0) is 4.79 Å². The maximum absolute atomic E-state index is 11.7. The summed E-state index contributed by atoms with van der Waals surface area (Å²) in [5.41, 5.74) is 0. The normalized spacial score (nSPS) is 23.7. The third-order valence-corrected chi connectivity index (χ3v) is 2.30. The number of hydrogen-bond donors (Lipinski definition) is 1. The molecule has 0 aliphatic carbocycles. The molecule has 0 aromatic carbocycles. The zero-order valence-electron chi connectivity index (χ0n) is 8.84. The molecule has 0 unspecified atom stereocenters. The van der Waals surface area contributed by atoms with E-state index in [-0.39, 0.29) is 0 Å². The van der Waals surface area contributed by atoms with Gasteiger partial charge in [0, 0.05) is 32.1 Å². The average Bonchev–Trinajstić information content (AvgIpc) is 2.03. The highest BCUT2D eigenvalue weighted by molar-refractivity contribution is 5.76. The van der Waals surface area contributed by atoms with E-state index >= 15 is 0 Å². The maximum atomic E-state index is 11.7. The zero-order valence-corrected chi connectivity index (χ0v) is 8.84. The molecule has 3 nitrogen and oxygen atoms in total. The largest absolute Gasteiger partial charge is 0.340 e. The van der Waals surface area contributed by atoms with Crippen LogP contribution in [0.2, 0.25) is 0 Å². The van der Waals surface area contributed by atoms with Crippen LogP contribution in [0.4, 0.5) is 0 Å². The minimum Gasteiger partial charge on any atom is -0.340 e. The molecule has 0 bridgehead atoms. The number of nitrogens with one attached hydrogen (secondary N) is 1. The Bertz CT molecular complexity index is 180. The lowest BCUT2D eigenvalue weighted by Gasteiger charge is -2.32. The SMILES string of the molecule is CC(C)CC(=O)N1CCN[C@@H](C)C1. The van der Waals surface area contributed by atoms with Crippen molar-refractivity contribution < 1.29 is 4.79 Å². The van der Waals surface area contributed by atoms with Gasteiger partial charge in [-0.2, -0.15) is 0 Å². The molecule has 1 rings (SSSR count). The summed E-state index contributed by atoms with van der Waals surface area (Å²) in [6, 6.07) is 0.449. The Morgan fingerprint density at radius 3 is 2.85 bits per heavy atom. The summed E-state index contributed by atoms with van der Waals surface area (Å²) in [6.45, 7) is 8.97. The van der Waals surface area contributed by atoms with Gasteiger partial charge in [0.2, 0.25) is 5.91 Å². The van der Waals surface area contributed by atoms with Crippen molar-refractivity contribution in [1.82, 2.24) is 10.2 Å². The molecule has 0 saturated carbocycles. The summed E-state index contributed by atoms with van der Waals surface area (Å²) in [5, 5.41) is 3.33. The third-order valence-electron chi connectivity index (χ3n) is 2.30. The molecule has 1 fully saturated rings. The fraction of sp³-hybridized carbons (Fsp3) is 0.900. The second kappa shape index (κ2) is 4.61. The fourth-order valence-corrected chi connectivity index (χ4v) is 1.64. The first-order valence-electron chi connectivity index (χ1n) is 5.10. The minimum absolute atomic E-state index is 0.309. The summed E-state index contributed by atoms with van der Waals surface area (Å²) < 4.78 is 0. The van der Waals surface area contributed by atoms with Crippen molar-refractivity contribution in [2.45, 2.75) is 33.2 Å². The van der Waals surface area contributed by atoms with Crippen molar-refractivity contribution in [1.29, 1.82) is 0 Å². The molecule has 1 aliphatic heterocycles. The first-order valence-corrected chi connectivity index (χ1v) is 5.10. The number of hydrogen-bond acceptors (Lipinski definition) is 2. The van der Waals surface area contributed by atoms with Gasteiger partial charge >= 0.3 is 0 Å². The first kappa shape index (κ1) is 10.5. The van der Waals surface area contributed by atoms with Gasteiger partial charge in [-0.15, -0.1) is 0 Å². The van der Waals surface area contributed by atoms with E-state index in [1.165, 1.54) is 0 Å². The lowest BCUT2D eigenvalue weighted by Crippen LogP contribution is -2.51. The van der Waals surface area contributed by atoms with E-state index in [0.29, 0.717) is 24.3 Å². The van der Waals surface area contributed by atoms with E-state index < -0.39 is 0 Å². The standard InChI is InChI=1S/C10H20N2O/c1-8(2)6-10(13)12-5-4-11-9(3)7-12/h8-9,11H,4-7H2,1-3H3/t9-/m0/s1. The van der Waals surface area contributed by atoms with Crippen LogP contribution in [0, 0.1) is 5.92 Å². The Balaban J connectivity index is 2.37. The van der Waals surface area contributed by atoms with Gasteiger partial charge in [-0.25, -0.2) is 0 Å². The highest BCUT2D eigenvalue weighted by Gasteiger charge is 2.20. The predicted molar refractivity (Wildman–Crippen MR) is 53.5 cm³/mol. The third kappa shape index (κ3) is 3.35. The number of rotatable bonds is 2. The van der Waals surface area contributed by atoms with Crippen LogP contribution in [0.5, 0.6) is 0 Å². The zero-order chi connectivity index (χ0) is 9.84. The minimum atomic E-state index is 0.309. The van der Waals surface area contributed by atoms with Gasteiger partial charge in [-0.05, 0) is 12.8 Å². The fourth-order valence-electron chi connectivity index (χ4n) is 1.64. The van der Waals surface area contributed by atoms with Crippen LogP contribution in [0.25, 0.3) is 0 Å². The average molecular weight is 184 g/mol. The smallest absolute Gasteiger partial charge is 0.222 e. The molecule has 0 aromatic heterocycles. The number of amides is 1. The molecule has 1 aliphatic rings. The van der Waals surface area contributed by atoms with Crippen LogP contribution < -0.4 is 5.32 Å². The molecular formula is C10H20N2O. The molecule has 1 heterocycles. The van der Waals surface area contributed by atoms with Crippen molar-refractivity contribution >= 4 is 5.91 Å². The molecule has 0 radical (unpaired) electrons. The van der Waals surface area contributed by atoms with Crippen molar-refractivity contribution in [3.05, 3.63) is 0 Å². The van der Waals surface area contributed by atoms with E-state index in [4.69, 9.17) is 0 Å². The molecule has 1 N–H and O–H groups in total. The molecule has 1 atom stereocenters. The van der Waals surface area contributed by atoms with Gasteiger partial charge in [-0.1, -0.05) is 13.8 Å². The number of carbonyl (C=O) groups is 1. The van der Waals surface area contributed by atoms with Gasteiger partial charge in [0.1, 0.15) is 0 Å². The molecule has 3 heteroatoms. The number of carbonyl (C=O) groups excluding carboxylic acids is 1. The Morgan fingerprint density at radius 2 is 2.31 bits per heavy atom. The summed E-state index contributed by atoms with van der Waals surface area (Å²) in [6.07, 6.45) is 0.687. The van der Waals surface area contributed by atoms with E-state index in [0.717, 1.165) is 19.6 Å². The van der Waals surface area contributed by atoms with Crippen molar-refractivity contribution in [3.63, 3.8) is 0 Å². The van der Waals surface area contributed by atoms with Crippen LogP contribution in [0.1, 0.15) is 27.2 Å². The Kier molecular flexibility index (Phi) is 3.72. The van der Waals surface area contributed by atoms with Gasteiger partial charge in [-0.3, -0.25) is 4.79 Å². The summed E-state index contributed by atoms with van der Waals surface area (Å²) in [7, 11) is 0. The molecule has 0 aromatic rings. The lowest BCUT2D eigenvalue weighted by molar-refractivity contribution is -0.133. The van der Waals surface area contributed by atoms with Crippen LogP contribution in [-0.4, -0.2) is 36.5 Å². The second-order valence-electron chi connectivity index (χ2n) is 4.29. The summed E-state index contributed by atoms with van der Waals surface area (Å²) >= 11 is 0. The van der Waals surface area contributed by atoms with Crippen molar-refractivity contribution in [2.75, 3.05) is 19.6 Å². The van der Waals surface area contributed by atoms with Crippen LogP contribution in [0.3, 0.4) is 0 Å².